The minimum Gasteiger partial charge on any atom is -0.492 e. The summed E-state index contributed by atoms with van der Waals surface area (Å²) in [6, 6.07) is 11.6. The molecule has 7 nitrogen and oxygen atoms in total. The van der Waals surface area contributed by atoms with E-state index >= 15 is 0 Å². The molecular formula is C19H24N2O5S. The van der Waals surface area contributed by atoms with Crippen LogP contribution in [0.25, 0.3) is 0 Å². The highest BCUT2D eigenvalue weighted by molar-refractivity contribution is 7.89. The second kappa shape index (κ2) is 8.98. The van der Waals surface area contributed by atoms with E-state index in [2.05, 4.69) is 5.32 Å². The van der Waals surface area contributed by atoms with Gasteiger partial charge in [-0.2, -0.15) is 0 Å². The second-order valence-electron chi connectivity index (χ2n) is 5.97. The molecule has 0 saturated heterocycles. The van der Waals surface area contributed by atoms with E-state index in [-0.39, 0.29) is 16.6 Å². The average Bonchev–Trinajstić information content (AvgIpc) is 2.63. The second-order valence-corrected chi connectivity index (χ2v) is 8.09. The number of benzene rings is 2. The topological polar surface area (TPSA) is 84.9 Å². The summed E-state index contributed by atoms with van der Waals surface area (Å²) >= 11 is 0. The number of ether oxygens (including phenoxy) is 2. The van der Waals surface area contributed by atoms with Crippen molar-refractivity contribution in [1.82, 2.24) is 4.31 Å². The lowest BCUT2D eigenvalue weighted by Crippen LogP contribution is -2.23. The smallest absolute Gasteiger partial charge is 0.255 e. The first-order valence-electron chi connectivity index (χ1n) is 8.38. The molecule has 0 heterocycles. The summed E-state index contributed by atoms with van der Waals surface area (Å²) in [6.07, 6.45) is 0. The highest BCUT2D eigenvalue weighted by Crippen LogP contribution is 2.29. The zero-order valence-electron chi connectivity index (χ0n) is 15.9. The van der Waals surface area contributed by atoms with Gasteiger partial charge in [-0.1, -0.05) is 12.1 Å². The van der Waals surface area contributed by atoms with Crippen molar-refractivity contribution in [3.63, 3.8) is 0 Å². The third-order valence-electron chi connectivity index (χ3n) is 3.76. The standard InChI is InChI=1S/C19H24N2O5S/c1-5-26-17-10-9-16(12-18(17)27(23,24)21(2)3)20-19(22)15-8-6-7-14(11-15)13-25-4/h6-12H,5,13H2,1-4H3,(H,20,22). The highest BCUT2D eigenvalue weighted by Gasteiger charge is 2.23. The number of nitrogens with one attached hydrogen (secondary N) is 1. The van der Waals surface area contributed by atoms with Crippen molar-refractivity contribution < 1.29 is 22.7 Å². The number of nitrogens with zero attached hydrogens (tertiary/aromatic N) is 1. The SMILES string of the molecule is CCOc1ccc(NC(=O)c2cccc(COC)c2)cc1S(=O)(=O)N(C)C. The first-order valence-corrected chi connectivity index (χ1v) is 9.82. The van der Waals surface area contributed by atoms with Crippen molar-refractivity contribution in [2.75, 3.05) is 33.1 Å². The van der Waals surface area contributed by atoms with Crippen LogP contribution in [0, 0.1) is 0 Å². The quantitative estimate of drug-likeness (QED) is 0.747. The molecule has 0 aliphatic heterocycles. The van der Waals surface area contributed by atoms with Gasteiger partial charge in [-0.05, 0) is 42.8 Å². The van der Waals surface area contributed by atoms with Crippen molar-refractivity contribution in [3.05, 3.63) is 53.6 Å². The Balaban J connectivity index is 2.34. The molecular weight excluding hydrogens is 368 g/mol. The Labute approximate surface area is 160 Å². The van der Waals surface area contributed by atoms with E-state index in [0.717, 1.165) is 9.87 Å². The molecule has 0 unspecified atom stereocenters. The third kappa shape index (κ3) is 5.06. The van der Waals surface area contributed by atoms with Crippen molar-refractivity contribution in [2.24, 2.45) is 0 Å². The number of anilines is 1. The van der Waals surface area contributed by atoms with Crippen LogP contribution >= 0.6 is 0 Å². The van der Waals surface area contributed by atoms with Crippen LogP contribution in [0.4, 0.5) is 5.69 Å². The first-order chi connectivity index (χ1) is 12.8. The fraction of sp³-hybridized carbons (Fsp3) is 0.316. The van der Waals surface area contributed by atoms with Crippen LogP contribution in [-0.4, -0.2) is 46.4 Å². The molecule has 8 heteroatoms. The lowest BCUT2D eigenvalue weighted by atomic mass is 10.1. The van der Waals surface area contributed by atoms with Gasteiger partial charge in [-0.3, -0.25) is 4.79 Å². The zero-order valence-corrected chi connectivity index (χ0v) is 16.7. The molecule has 0 fully saturated rings. The van der Waals surface area contributed by atoms with E-state index in [1.54, 1.807) is 38.3 Å². The van der Waals surface area contributed by atoms with Gasteiger partial charge in [0.2, 0.25) is 10.0 Å². The van der Waals surface area contributed by atoms with Gasteiger partial charge in [0.25, 0.3) is 5.91 Å². The van der Waals surface area contributed by atoms with Gasteiger partial charge >= 0.3 is 0 Å². The van der Waals surface area contributed by atoms with E-state index in [1.165, 1.54) is 26.2 Å². The van der Waals surface area contributed by atoms with Crippen LogP contribution < -0.4 is 10.1 Å². The Morgan fingerprint density at radius 3 is 2.52 bits per heavy atom. The maximum Gasteiger partial charge on any atom is 0.255 e. The van der Waals surface area contributed by atoms with Gasteiger partial charge < -0.3 is 14.8 Å². The molecule has 0 atom stereocenters. The summed E-state index contributed by atoms with van der Waals surface area (Å²) < 4.78 is 36.7. The number of carbonyl (C=O) groups excluding carboxylic acids is 1. The summed E-state index contributed by atoms with van der Waals surface area (Å²) in [5, 5.41) is 2.73. The molecule has 2 aromatic rings. The average molecular weight is 392 g/mol. The number of hydrogen-bond acceptors (Lipinski definition) is 5. The van der Waals surface area contributed by atoms with Crippen molar-refractivity contribution in [2.45, 2.75) is 18.4 Å². The minimum atomic E-state index is -3.73. The Morgan fingerprint density at radius 1 is 1.15 bits per heavy atom. The first kappa shape index (κ1) is 20.9. The maximum atomic E-state index is 12.6. The number of amides is 1. The third-order valence-corrected chi connectivity index (χ3v) is 5.60. The van der Waals surface area contributed by atoms with Crippen LogP contribution in [0.5, 0.6) is 5.75 Å². The molecule has 0 bridgehead atoms. The Morgan fingerprint density at radius 2 is 1.89 bits per heavy atom. The van der Waals surface area contributed by atoms with Crippen LogP contribution in [0.3, 0.4) is 0 Å². The van der Waals surface area contributed by atoms with Gasteiger partial charge in [0.15, 0.2) is 0 Å². The van der Waals surface area contributed by atoms with Gasteiger partial charge in [0, 0.05) is 32.5 Å². The van der Waals surface area contributed by atoms with E-state index in [9.17, 15) is 13.2 Å². The summed E-state index contributed by atoms with van der Waals surface area (Å²) in [7, 11) is 0.741. The maximum absolute atomic E-state index is 12.6. The van der Waals surface area contributed by atoms with Crippen LogP contribution in [0.1, 0.15) is 22.8 Å². The largest absolute Gasteiger partial charge is 0.492 e. The molecule has 1 amide bonds. The van der Waals surface area contributed by atoms with Crippen molar-refractivity contribution in [3.8, 4) is 5.75 Å². The monoisotopic (exact) mass is 392 g/mol. The minimum absolute atomic E-state index is 0.000263. The molecule has 2 rings (SSSR count). The molecule has 0 aromatic heterocycles. The molecule has 0 aliphatic rings. The number of methoxy groups -OCH3 is 1. The summed E-state index contributed by atoms with van der Waals surface area (Å²) in [5.74, 6) is -0.100. The normalized spacial score (nSPS) is 11.4. The number of carbonyl (C=O) groups is 1. The summed E-state index contributed by atoms with van der Waals surface area (Å²) in [4.78, 5) is 12.5. The lowest BCUT2D eigenvalue weighted by molar-refractivity contribution is 0.102. The van der Waals surface area contributed by atoms with Crippen LogP contribution in [0.2, 0.25) is 0 Å². The van der Waals surface area contributed by atoms with E-state index in [1.807, 2.05) is 6.07 Å². The Hall–Kier alpha value is -2.42. The molecule has 2 aromatic carbocycles. The van der Waals surface area contributed by atoms with Crippen LogP contribution in [-0.2, 0) is 21.4 Å². The van der Waals surface area contributed by atoms with Crippen LogP contribution in [0.15, 0.2) is 47.4 Å². The molecule has 1 N–H and O–H groups in total. The number of sulfonamides is 1. The molecule has 27 heavy (non-hydrogen) atoms. The number of rotatable bonds is 8. The lowest BCUT2D eigenvalue weighted by Gasteiger charge is -2.16. The highest BCUT2D eigenvalue weighted by atomic mass is 32.2. The van der Waals surface area contributed by atoms with Crippen molar-refractivity contribution in [1.29, 1.82) is 0 Å². The molecule has 0 radical (unpaired) electrons. The molecule has 0 spiro atoms. The van der Waals surface area contributed by atoms with E-state index < -0.39 is 10.0 Å². The Kier molecular flexibility index (Phi) is 6.95. The van der Waals surface area contributed by atoms with E-state index in [0.29, 0.717) is 24.5 Å². The fourth-order valence-corrected chi connectivity index (χ4v) is 3.48. The molecule has 0 saturated carbocycles. The van der Waals surface area contributed by atoms with Crippen molar-refractivity contribution >= 4 is 21.6 Å². The summed E-state index contributed by atoms with van der Waals surface area (Å²) in [6.45, 7) is 2.50. The van der Waals surface area contributed by atoms with Gasteiger partial charge in [0.05, 0.1) is 13.2 Å². The summed E-state index contributed by atoms with van der Waals surface area (Å²) in [5.41, 5.74) is 1.68. The predicted octanol–water partition coefficient (Wildman–Crippen LogP) is 2.73. The van der Waals surface area contributed by atoms with E-state index in [4.69, 9.17) is 9.47 Å². The molecule has 146 valence electrons. The Bertz CT molecular complexity index is 910. The number of hydrogen-bond donors (Lipinski definition) is 1. The fourth-order valence-electron chi connectivity index (χ4n) is 2.43. The predicted molar refractivity (Wildman–Crippen MR) is 104 cm³/mol. The molecule has 0 aliphatic carbocycles. The zero-order chi connectivity index (χ0) is 20.0. The van der Waals surface area contributed by atoms with Gasteiger partial charge in [0.1, 0.15) is 10.6 Å². The van der Waals surface area contributed by atoms with Gasteiger partial charge in [-0.25, -0.2) is 12.7 Å². The van der Waals surface area contributed by atoms with Gasteiger partial charge in [-0.15, -0.1) is 0 Å².